The van der Waals surface area contributed by atoms with Gasteiger partial charge in [0, 0.05) is 94.3 Å². The van der Waals surface area contributed by atoms with E-state index < -0.39 is 73.6 Å². The van der Waals surface area contributed by atoms with Gasteiger partial charge in [0.15, 0.2) is 40.4 Å². The second-order valence-electron chi connectivity index (χ2n) is 28.0. The Bertz CT molecular complexity index is 5380. The lowest BCUT2D eigenvalue weighted by Gasteiger charge is -2.32. The predicted octanol–water partition coefficient (Wildman–Crippen LogP) is 8.81. The first-order valence-electron chi connectivity index (χ1n) is 36.9. The quantitative estimate of drug-likeness (QED) is 0.00680. The number of nitrogens with zero attached hydrogens (tertiary/aromatic N) is 15. The first kappa shape index (κ1) is 87.6. The molecule has 0 saturated carbocycles. The van der Waals surface area contributed by atoms with Crippen molar-refractivity contribution in [2.45, 2.75) is 126 Å². The van der Waals surface area contributed by atoms with Crippen LogP contribution >= 0.6 is 0 Å². The van der Waals surface area contributed by atoms with E-state index in [0.29, 0.717) is 131 Å². The number of ether oxygens (including phenoxy) is 2. The zero-order chi connectivity index (χ0) is 83.1. The maximum absolute atomic E-state index is 13.7. The molecule has 3 aliphatic rings. The number of aryl methyl sites for hydroxylation is 2. The summed E-state index contributed by atoms with van der Waals surface area (Å²) in [6.07, 6.45) is 18.9. The van der Waals surface area contributed by atoms with Gasteiger partial charge in [-0.1, -0.05) is 77.8 Å². The van der Waals surface area contributed by atoms with Gasteiger partial charge in [-0.15, -0.1) is 10.2 Å². The summed E-state index contributed by atoms with van der Waals surface area (Å²) < 4.78 is 156. The van der Waals surface area contributed by atoms with E-state index in [-0.39, 0.29) is 66.7 Å². The summed E-state index contributed by atoms with van der Waals surface area (Å²) in [5, 5.41) is 30.4. The summed E-state index contributed by atoms with van der Waals surface area (Å²) in [4.78, 5) is 45.0. The van der Waals surface area contributed by atoms with E-state index in [1.165, 1.54) is 70.2 Å². The molecule has 3 aliphatic heterocycles. The highest BCUT2D eigenvalue weighted by Gasteiger charge is 2.48. The van der Waals surface area contributed by atoms with Crippen molar-refractivity contribution < 1.29 is 75.5 Å². The predicted molar refractivity (Wildman–Crippen MR) is 430 cm³/mol. The van der Waals surface area contributed by atoms with Gasteiger partial charge < -0.3 is 50.4 Å². The third-order valence-corrected chi connectivity index (χ3v) is 23.2. The largest absolute Gasteiger partial charge is 0.744 e. The topological polar surface area (TPSA) is 466 Å². The van der Waals surface area contributed by atoms with Crippen molar-refractivity contribution >= 4 is 98.2 Å². The van der Waals surface area contributed by atoms with Gasteiger partial charge in [-0.05, 0) is 125 Å². The fourth-order valence-corrected chi connectivity index (χ4v) is 16.1. The number of methoxy groups -OCH3 is 2. The maximum Gasteiger partial charge on any atom is 0.294 e. The monoisotopic (exact) mass is 1650 g/mol. The molecule has 2 amide bonds. The number of hydrogen-bond acceptors (Lipinski definition) is 26. The van der Waals surface area contributed by atoms with Crippen LogP contribution in [0.5, 0.6) is 11.5 Å². The molecule has 8 aromatic rings. The molecule has 1 saturated heterocycles. The Morgan fingerprint density at radius 1 is 0.746 bits per heavy atom. The number of allylic oxidation sites excluding steroid dienone is 6. The highest BCUT2D eigenvalue weighted by atomic mass is 32.2. The fourth-order valence-electron chi connectivity index (χ4n) is 14.1. The minimum absolute atomic E-state index is 0.00669. The van der Waals surface area contributed by atoms with Gasteiger partial charge in [0.25, 0.3) is 36.3 Å². The van der Waals surface area contributed by atoms with Crippen LogP contribution in [0.2, 0.25) is 0 Å². The van der Waals surface area contributed by atoms with Crippen LogP contribution in [0, 0.1) is 0 Å². The number of anilines is 6. The zero-order valence-electron chi connectivity index (χ0n) is 65.5. The zero-order valence-corrected chi connectivity index (χ0v) is 68.8. The highest BCUT2D eigenvalue weighted by molar-refractivity contribution is 7.86. The summed E-state index contributed by atoms with van der Waals surface area (Å²) in [7, 11) is -10.1. The lowest BCUT2D eigenvalue weighted by atomic mass is 9.75. The van der Waals surface area contributed by atoms with Crippen molar-refractivity contribution in [3.05, 3.63) is 151 Å². The number of nitrogen functional groups attached to an aromatic ring is 1. The number of amides is 2. The number of carbonyl (C=O) groups is 2. The Balaban J connectivity index is 0.000000581. The van der Waals surface area contributed by atoms with Crippen LogP contribution in [0.15, 0.2) is 144 Å². The van der Waals surface area contributed by atoms with Gasteiger partial charge in [0.05, 0.1) is 81.4 Å². The summed E-state index contributed by atoms with van der Waals surface area (Å²) in [5.41, 5.74) is 10.3. The molecule has 1 atom stereocenters. The summed E-state index contributed by atoms with van der Waals surface area (Å²) in [6.45, 7) is 16.8. The third kappa shape index (κ3) is 21.9. The average molecular weight is 1650 g/mol. The van der Waals surface area contributed by atoms with Crippen molar-refractivity contribution in [1.82, 2.24) is 69.6 Å². The van der Waals surface area contributed by atoms with Crippen molar-refractivity contribution in [3.8, 4) is 34.3 Å². The number of unbranched alkanes of at least 4 members (excludes halogenated alkanes) is 2. The van der Waals surface area contributed by atoms with E-state index >= 15 is 0 Å². The molecule has 114 heavy (non-hydrogen) atoms. The molecule has 4 aromatic heterocycles. The van der Waals surface area contributed by atoms with Crippen molar-refractivity contribution in [2.75, 3.05) is 99.9 Å². The number of carbonyl (C=O) groups excluding carboxylic acids is 2. The van der Waals surface area contributed by atoms with Gasteiger partial charge in [-0.3, -0.25) is 37.3 Å². The molecular weight excluding hydrogens is 1550 g/mol. The van der Waals surface area contributed by atoms with Gasteiger partial charge in [0.1, 0.15) is 29.3 Å². The van der Waals surface area contributed by atoms with Crippen LogP contribution < -0.4 is 36.1 Å². The number of nitrogens with two attached hydrogens (primary N) is 1. The van der Waals surface area contributed by atoms with Crippen LogP contribution in [-0.4, -0.2) is 217 Å². The van der Waals surface area contributed by atoms with Crippen LogP contribution in [0.3, 0.4) is 0 Å². The van der Waals surface area contributed by atoms with Gasteiger partial charge in [-0.25, -0.2) is 18.4 Å². The number of aromatic nitrogens is 11. The third-order valence-electron chi connectivity index (χ3n) is 19.9. The lowest BCUT2D eigenvalue weighted by Crippen LogP contribution is -2.39. The first-order chi connectivity index (χ1) is 53.9. The average Bonchev–Trinajstić information content (AvgIpc) is 1.58. The van der Waals surface area contributed by atoms with Crippen molar-refractivity contribution in [3.63, 3.8) is 0 Å². The normalized spacial score (nSPS) is 16.1. The number of piperidine rings is 1. The maximum atomic E-state index is 13.7. The van der Waals surface area contributed by atoms with E-state index in [9.17, 15) is 61.5 Å². The second kappa shape index (κ2) is 37.7. The van der Waals surface area contributed by atoms with E-state index in [4.69, 9.17) is 15.2 Å². The SMILES string of the molecule is CCN(CC)CC.CNC(=O)c1nnc(Nc2cnn(C3CCN(C(=O)CCCCCC4(C)C(/C=C/C=C/C=C5/N(CCCS(=O)(=O)O)c6ccc(S(=O)(=O)[O-])cc6C5(C)C)=[N+](CCCS(=O)(=O)O)c5ccc(S(=O)(=O)O)cc54)CC3)c2)nc1Nc1cccc(-c2ncn(C)n2)c1OC.COc1c(N)cccc1-c1ncn(C)n1. The lowest BCUT2D eigenvalue weighted by molar-refractivity contribution is -0.437. The molecule has 11 rings (SSSR count). The van der Waals surface area contributed by atoms with Crippen LogP contribution in [0.25, 0.3) is 22.8 Å². The van der Waals surface area contributed by atoms with E-state index in [1.54, 1.807) is 108 Å². The molecule has 0 aliphatic carbocycles. The van der Waals surface area contributed by atoms with Crippen LogP contribution in [0.1, 0.15) is 127 Å². The summed E-state index contributed by atoms with van der Waals surface area (Å²) in [5.74, 6) is 0.585. The van der Waals surface area contributed by atoms with Crippen molar-refractivity contribution in [1.29, 1.82) is 0 Å². The molecule has 0 bridgehead atoms. The summed E-state index contributed by atoms with van der Waals surface area (Å²) in [6, 6.07) is 19.0. The molecule has 1 unspecified atom stereocenters. The molecule has 35 nitrogen and oxygen atoms in total. The standard InChI is InChI=1S/C59H72N14O15S4.C10H12N4O.C6H15N/c1-58(2)44-34-41(91(82,83)84)21-23-47(44)71(28-14-32-89(76,77)78)49(58)18-9-7-10-19-50-59(3,45-35-42(92(85,86)87)22-24-48(45)72(50)29-15-33-90(79,80)81)27-12-8-11-20-51(74)70-30-25-40(26-31-70)73-37-39(36-62-73)63-57-65-55(52(66-67-57)56(75)60-4)64-46-17-13-16-43(53(46)88-6)54-61-38-69(5)68-54;1-14-6-12-10(13-14)7-4-3-5-8(11)9(7)15-2;1-4-7(5-2)6-3/h7,9-10,13,16-19,21-24,34-38,40H,8,11-12,14-15,20,25-33H2,1-6H3,(H6-,60,63,64,65,67,75,76,77,78,79,80,81,82,83,84,85,86,87);3-6H,11H2,1-2H3;4-6H2,1-3H3. The Hall–Kier alpha value is -10.4. The first-order valence-corrected chi connectivity index (χ1v) is 43.0. The van der Waals surface area contributed by atoms with Gasteiger partial charge in [0.2, 0.25) is 17.5 Å². The van der Waals surface area contributed by atoms with Gasteiger partial charge in [-0.2, -0.15) is 50.1 Å². The Labute approximate surface area is 664 Å². The Morgan fingerprint density at radius 2 is 1.37 bits per heavy atom. The minimum Gasteiger partial charge on any atom is -0.744 e. The number of para-hydroxylation sites is 2. The molecular formula is C75H99N19O16S4. The Morgan fingerprint density at radius 3 is 1.96 bits per heavy atom. The minimum atomic E-state index is -4.83. The number of nitrogens with one attached hydrogen (secondary N) is 3. The van der Waals surface area contributed by atoms with Crippen LogP contribution in [-0.2, 0) is 70.2 Å². The number of rotatable bonds is 32. The number of hydrogen-bond donors (Lipinski definition) is 7. The molecule has 7 heterocycles. The highest BCUT2D eigenvalue weighted by Crippen LogP contribution is 2.49. The molecule has 1 fully saturated rings. The molecule has 0 radical (unpaired) electrons. The molecule has 0 spiro atoms. The molecule has 8 N–H and O–H groups in total. The molecule has 614 valence electrons. The summed E-state index contributed by atoms with van der Waals surface area (Å²) >= 11 is 0. The van der Waals surface area contributed by atoms with E-state index in [2.05, 4.69) is 82.1 Å². The smallest absolute Gasteiger partial charge is 0.294 e. The molecule has 39 heteroatoms. The number of fused-ring (bicyclic) bond motifs is 2. The molecule has 4 aromatic carbocycles. The van der Waals surface area contributed by atoms with Crippen LogP contribution in [0.4, 0.5) is 40.2 Å². The van der Waals surface area contributed by atoms with E-state index in [0.717, 1.165) is 5.56 Å². The van der Waals surface area contributed by atoms with Crippen molar-refractivity contribution in [2.24, 2.45) is 14.1 Å². The number of likely N-dealkylation sites (tertiary alicyclic amines) is 1. The van der Waals surface area contributed by atoms with E-state index in [1.807, 2.05) is 54.1 Å². The Kier molecular flexibility index (Phi) is 29.0. The number of benzene rings is 4. The fraction of sp³-hybridized carbons (Fsp3) is 0.427. The second-order valence-corrected chi connectivity index (χ2v) is 33.9. The van der Waals surface area contributed by atoms with Gasteiger partial charge >= 0.3 is 0 Å².